The molecule has 0 aliphatic carbocycles. The van der Waals surface area contributed by atoms with Gasteiger partial charge in [0, 0.05) is 58.1 Å². The number of hydrogen-bond donors (Lipinski definition) is 1. The fourth-order valence-corrected chi connectivity index (χ4v) is 2.11. The van der Waals surface area contributed by atoms with Crippen LogP contribution in [0, 0.1) is 0 Å². The summed E-state index contributed by atoms with van der Waals surface area (Å²) in [6.07, 6.45) is 4.93. The van der Waals surface area contributed by atoms with Crippen LogP contribution in [0.4, 0.5) is 0 Å². The molecule has 1 aromatic heterocycles. The van der Waals surface area contributed by atoms with Crippen molar-refractivity contribution in [2.45, 2.75) is 19.4 Å². The summed E-state index contributed by atoms with van der Waals surface area (Å²) < 4.78 is 2.10. The van der Waals surface area contributed by atoms with Gasteiger partial charge in [-0.25, -0.2) is 4.98 Å². The minimum Gasteiger partial charge on any atom is -0.338 e. The van der Waals surface area contributed by atoms with Gasteiger partial charge in [0.25, 0.3) is 0 Å². The van der Waals surface area contributed by atoms with E-state index in [0.717, 1.165) is 32.6 Å². The molecule has 0 spiro atoms. The standard InChI is InChI=1S/C11H20N4/c1-10-9-15(8-5-12-10)6-3-11-13-4-7-14(11)2/h4,7,10,12H,3,5-6,8-9H2,1-2H3/t10-/m0/s1. The quantitative estimate of drug-likeness (QED) is 0.773. The van der Waals surface area contributed by atoms with Gasteiger partial charge in [-0.3, -0.25) is 0 Å². The van der Waals surface area contributed by atoms with Gasteiger partial charge in [-0.05, 0) is 6.92 Å². The van der Waals surface area contributed by atoms with E-state index in [2.05, 4.69) is 33.7 Å². The first kappa shape index (κ1) is 10.6. The number of nitrogens with zero attached hydrogens (tertiary/aromatic N) is 3. The van der Waals surface area contributed by atoms with Crippen LogP contribution >= 0.6 is 0 Å². The summed E-state index contributed by atoms with van der Waals surface area (Å²) in [7, 11) is 2.06. The van der Waals surface area contributed by atoms with E-state index in [9.17, 15) is 0 Å². The van der Waals surface area contributed by atoms with Crippen molar-refractivity contribution in [3.8, 4) is 0 Å². The Kier molecular flexibility index (Phi) is 3.38. The first-order valence-corrected chi connectivity index (χ1v) is 5.67. The Morgan fingerprint density at radius 3 is 3.13 bits per heavy atom. The molecule has 84 valence electrons. The van der Waals surface area contributed by atoms with Crippen LogP contribution in [-0.2, 0) is 13.5 Å². The zero-order valence-corrected chi connectivity index (χ0v) is 9.61. The molecular weight excluding hydrogens is 188 g/mol. The Morgan fingerprint density at radius 1 is 1.60 bits per heavy atom. The maximum absolute atomic E-state index is 4.34. The Hall–Kier alpha value is -0.870. The van der Waals surface area contributed by atoms with Crippen molar-refractivity contribution in [3.05, 3.63) is 18.2 Å². The predicted molar refractivity (Wildman–Crippen MR) is 60.8 cm³/mol. The van der Waals surface area contributed by atoms with E-state index in [1.165, 1.54) is 5.82 Å². The average Bonchev–Trinajstić information content (AvgIpc) is 2.61. The summed E-state index contributed by atoms with van der Waals surface area (Å²) >= 11 is 0. The SMILES string of the molecule is C[C@H]1CN(CCc2nccn2C)CCN1. The van der Waals surface area contributed by atoms with E-state index in [4.69, 9.17) is 0 Å². The van der Waals surface area contributed by atoms with E-state index in [0.29, 0.717) is 6.04 Å². The van der Waals surface area contributed by atoms with Crippen molar-refractivity contribution in [2.24, 2.45) is 7.05 Å². The summed E-state index contributed by atoms with van der Waals surface area (Å²) in [6, 6.07) is 0.625. The summed E-state index contributed by atoms with van der Waals surface area (Å²) in [5.74, 6) is 1.18. The number of imidazole rings is 1. The van der Waals surface area contributed by atoms with Gasteiger partial charge < -0.3 is 14.8 Å². The van der Waals surface area contributed by atoms with E-state index in [-0.39, 0.29) is 0 Å². The first-order valence-electron chi connectivity index (χ1n) is 5.67. The lowest BCUT2D eigenvalue weighted by atomic mass is 10.2. The average molecular weight is 208 g/mol. The Bertz CT molecular complexity index is 307. The van der Waals surface area contributed by atoms with E-state index in [1.807, 2.05) is 12.4 Å². The molecule has 1 atom stereocenters. The molecule has 1 aliphatic heterocycles. The van der Waals surface area contributed by atoms with Crippen molar-refractivity contribution < 1.29 is 0 Å². The van der Waals surface area contributed by atoms with Crippen LogP contribution in [0.15, 0.2) is 12.4 Å². The highest BCUT2D eigenvalue weighted by molar-refractivity contribution is 4.92. The molecule has 0 amide bonds. The molecule has 1 aliphatic rings. The number of nitrogens with one attached hydrogen (secondary N) is 1. The monoisotopic (exact) mass is 208 g/mol. The van der Waals surface area contributed by atoms with Gasteiger partial charge in [-0.2, -0.15) is 0 Å². The van der Waals surface area contributed by atoms with Crippen molar-refractivity contribution in [3.63, 3.8) is 0 Å². The summed E-state index contributed by atoms with van der Waals surface area (Å²) in [6.45, 7) is 6.80. The highest BCUT2D eigenvalue weighted by Gasteiger charge is 2.15. The molecule has 0 radical (unpaired) electrons. The second-order valence-electron chi connectivity index (χ2n) is 4.36. The van der Waals surface area contributed by atoms with Crippen LogP contribution in [0.25, 0.3) is 0 Å². The highest BCUT2D eigenvalue weighted by atomic mass is 15.2. The molecule has 1 fully saturated rings. The van der Waals surface area contributed by atoms with Gasteiger partial charge in [-0.15, -0.1) is 0 Å². The number of hydrogen-bond acceptors (Lipinski definition) is 3. The van der Waals surface area contributed by atoms with Gasteiger partial charge in [0.2, 0.25) is 0 Å². The van der Waals surface area contributed by atoms with E-state index in [1.54, 1.807) is 0 Å². The van der Waals surface area contributed by atoms with Crippen LogP contribution in [0.1, 0.15) is 12.7 Å². The molecular formula is C11H20N4. The zero-order chi connectivity index (χ0) is 10.7. The van der Waals surface area contributed by atoms with Gasteiger partial charge in [0.1, 0.15) is 5.82 Å². The fraction of sp³-hybridized carbons (Fsp3) is 0.727. The van der Waals surface area contributed by atoms with Crippen LogP contribution in [0.2, 0.25) is 0 Å². The van der Waals surface area contributed by atoms with Gasteiger partial charge in [0.15, 0.2) is 0 Å². The number of piperazine rings is 1. The molecule has 1 saturated heterocycles. The summed E-state index contributed by atoms with van der Waals surface area (Å²) in [5, 5.41) is 3.45. The lowest BCUT2D eigenvalue weighted by Gasteiger charge is -2.31. The third-order valence-electron chi connectivity index (χ3n) is 3.03. The third-order valence-corrected chi connectivity index (χ3v) is 3.03. The van der Waals surface area contributed by atoms with Crippen LogP contribution in [-0.4, -0.2) is 46.7 Å². The van der Waals surface area contributed by atoms with Crippen molar-refractivity contribution >= 4 is 0 Å². The Morgan fingerprint density at radius 2 is 2.47 bits per heavy atom. The fourth-order valence-electron chi connectivity index (χ4n) is 2.11. The molecule has 4 heteroatoms. The summed E-state index contributed by atoms with van der Waals surface area (Å²) in [4.78, 5) is 6.85. The van der Waals surface area contributed by atoms with Crippen LogP contribution in [0.5, 0.6) is 0 Å². The molecule has 4 nitrogen and oxygen atoms in total. The van der Waals surface area contributed by atoms with Crippen LogP contribution < -0.4 is 5.32 Å². The van der Waals surface area contributed by atoms with Gasteiger partial charge in [-0.1, -0.05) is 0 Å². The second-order valence-corrected chi connectivity index (χ2v) is 4.36. The maximum atomic E-state index is 4.34. The molecule has 2 heterocycles. The first-order chi connectivity index (χ1) is 7.25. The molecule has 1 N–H and O–H groups in total. The number of rotatable bonds is 3. The highest BCUT2D eigenvalue weighted by Crippen LogP contribution is 2.02. The zero-order valence-electron chi connectivity index (χ0n) is 9.61. The molecule has 15 heavy (non-hydrogen) atoms. The lowest BCUT2D eigenvalue weighted by molar-refractivity contribution is 0.208. The molecule has 0 bridgehead atoms. The maximum Gasteiger partial charge on any atom is 0.109 e. The van der Waals surface area contributed by atoms with E-state index < -0.39 is 0 Å². The normalized spacial score (nSPS) is 23.2. The largest absolute Gasteiger partial charge is 0.338 e. The Labute approximate surface area is 91.3 Å². The molecule has 0 aromatic carbocycles. The smallest absolute Gasteiger partial charge is 0.109 e. The van der Waals surface area contributed by atoms with Crippen molar-refractivity contribution in [2.75, 3.05) is 26.2 Å². The minimum absolute atomic E-state index is 0.625. The van der Waals surface area contributed by atoms with Crippen LogP contribution in [0.3, 0.4) is 0 Å². The number of aryl methyl sites for hydroxylation is 1. The van der Waals surface area contributed by atoms with E-state index >= 15 is 0 Å². The molecule has 0 unspecified atom stereocenters. The molecule has 2 rings (SSSR count). The summed E-state index contributed by atoms with van der Waals surface area (Å²) in [5.41, 5.74) is 0. The third kappa shape index (κ3) is 2.79. The van der Waals surface area contributed by atoms with Crippen molar-refractivity contribution in [1.82, 2.24) is 19.8 Å². The molecule has 1 aromatic rings. The lowest BCUT2D eigenvalue weighted by Crippen LogP contribution is -2.49. The minimum atomic E-state index is 0.625. The van der Waals surface area contributed by atoms with Gasteiger partial charge >= 0.3 is 0 Å². The van der Waals surface area contributed by atoms with Gasteiger partial charge in [0.05, 0.1) is 0 Å². The second kappa shape index (κ2) is 4.77. The topological polar surface area (TPSA) is 33.1 Å². The van der Waals surface area contributed by atoms with Crippen molar-refractivity contribution in [1.29, 1.82) is 0 Å². The Balaban J connectivity index is 1.80. The predicted octanol–water partition coefficient (Wildman–Crippen LogP) is 0.256. The molecule has 0 saturated carbocycles. The number of aromatic nitrogens is 2.